The summed E-state index contributed by atoms with van der Waals surface area (Å²) in [6.45, 7) is 3.18. The molecule has 0 aliphatic carbocycles. The fourth-order valence-electron chi connectivity index (χ4n) is 1.47. The van der Waals surface area contributed by atoms with Crippen molar-refractivity contribution in [2.45, 2.75) is 13.8 Å². The summed E-state index contributed by atoms with van der Waals surface area (Å²) in [5, 5.41) is 14.1. The minimum Gasteiger partial charge on any atom is -0.506 e. The maximum absolute atomic E-state index is 11.8. The lowest BCUT2D eigenvalue weighted by atomic mass is 10.1. The Bertz CT molecular complexity index is 574. The number of halogens is 1. The summed E-state index contributed by atoms with van der Waals surface area (Å²) in [6.07, 6.45) is 0. The summed E-state index contributed by atoms with van der Waals surface area (Å²) in [5.74, 6) is -1.89. The number of aromatic hydroxyl groups is 1. The molecule has 0 radical (unpaired) electrons. The van der Waals surface area contributed by atoms with Gasteiger partial charge in [-0.25, -0.2) is 9.59 Å². The van der Waals surface area contributed by atoms with Crippen LogP contribution in [0.3, 0.4) is 0 Å². The number of imide groups is 1. The fourth-order valence-corrected chi connectivity index (χ4v) is 2.04. The molecule has 7 nitrogen and oxygen atoms in total. The van der Waals surface area contributed by atoms with E-state index in [-0.39, 0.29) is 11.3 Å². The maximum Gasteiger partial charge on any atom is 0.342 e. The van der Waals surface area contributed by atoms with Gasteiger partial charge in [-0.05, 0) is 47.5 Å². The van der Waals surface area contributed by atoms with Crippen LogP contribution < -0.4 is 10.6 Å². The van der Waals surface area contributed by atoms with Crippen molar-refractivity contribution in [2.24, 2.45) is 0 Å². The molecule has 0 heterocycles. The zero-order valence-corrected chi connectivity index (χ0v) is 13.1. The summed E-state index contributed by atoms with van der Waals surface area (Å²) in [4.78, 5) is 34.2. The van der Waals surface area contributed by atoms with Crippen molar-refractivity contribution in [1.82, 2.24) is 10.6 Å². The van der Waals surface area contributed by atoms with Gasteiger partial charge in [-0.15, -0.1) is 0 Å². The molecule has 0 aromatic heterocycles. The van der Waals surface area contributed by atoms with E-state index >= 15 is 0 Å². The van der Waals surface area contributed by atoms with Crippen molar-refractivity contribution in [2.75, 3.05) is 13.2 Å². The monoisotopic (exact) mass is 358 g/mol. The third-order valence-electron chi connectivity index (χ3n) is 2.35. The van der Waals surface area contributed by atoms with Crippen LogP contribution in [0, 0.1) is 6.92 Å². The van der Waals surface area contributed by atoms with Crippen molar-refractivity contribution in [1.29, 1.82) is 0 Å². The lowest BCUT2D eigenvalue weighted by Crippen LogP contribution is -2.41. The number of esters is 1. The molecule has 8 heteroatoms. The first-order valence-electron chi connectivity index (χ1n) is 6.09. The summed E-state index contributed by atoms with van der Waals surface area (Å²) in [5.41, 5.74) is 0.672. The zero-order chi connectivity index (χ0) is 16.0. The van der Waals surface area contributed by atoms with Crippen LogP contribution in [0.15, 0.2) is 16.6 Å². The highest BCUT2D eigenvalue weighted by Gasteiger charge is 2.17. The topological polar surface area (TPSA) is 105 Å². The molecule has 0 spiro atoms. The standard InChI is InChI=1S/C13H15BrN2O5/c1-3-15-13(20)16-10(17)6-21-12(19)8-4-7(2)5-9(14)11(8)18/h4-5,18H,3,6H2,1-2H3,(H2,15,16,17,20). The first kappa shape index (κ1) is 17.0. The van der Waals surface area contributed by atoms with Gasteiger partial charge in [-0.3, -0.25) is 10.1 Å². The van der Waals surface area contributed by atoms with Crippen LogP contribution in [-0.4, -0.2) is 36.2 Å². The average Bonchev–Trinajstić information content (AvgIpc) is 2.40. The summed E-state index contributed by atoms with van der Waals surface area (Å²) in [7, 11) is 0. The number of carbonyl (C=O) groups excluding carboxylic acids is 3. The van der Waals surface area contributed by atoms with Gasteiger partial charge in [0.15, 0.2) is 6.61 Å². The molecular formula is C13H15BrN2O5. The van der Waals surface area contributed by atoms with Gasteiger partial charge in [0.2, 0.25) is 0 Å². The normalized spacial score (nSPS) is 9.86. The predicted molar refractivity (Wildman–Crippen MR) is 78.0 cm³/mol. The molecule has 0 fully saturated rings. The molecule has 1 aromatic rings. The first-order chi connectivity index (χ1) is 9.85. The minimum absolute atomic E-state index is 0.0623. The Labute approximate surface area is 129 Å². The molecule has 1 rings (SSSR count). The first-order valence-corrected chi connectivity index (χ1v) is 6.88. The van der Waals surface area contributed by atoms with Crippen LogP contribution in [0.4, 0.5) is 4.79 Å². The number of amides is 3. The number of aryl methyl sites for hydroxylation is 1. The molecule has 0 saturated heterocycles. The SMILES string of the molecule is CCNC(=O)NC(=O)COC(=O)c1cc(C)cc(Br)c1O. The van der Waals surface area contributed by atoms with E-state index in [9.17, 15) is 19.5 Å². The lowest BCUT2D eigenvalue weighted by molar-refractivity contribution is -0.123. The number of carbonyl (C=O) groups is 3. The number of phenols is 1. The van der Waals surface area contributed by atoms with Gasteiger partial charge in [0.25, 0.3) is 5.91 Å². The maximum atomic E-state index is 11.8. The molecule has 1 aromatic carbocycles. The third-order valence-corrected chi connectivity index (χ3v) is 2.96. The highest BCUT2D eigenvalue weighted by molar-refractivity contribution is 9.10. The molecule has 0 unspecified atom stereocenters. The Balaban J connectivity index is 2.62. The Morgan fingerprint density at radius 1 is 1.33 bits per heavy atom. The van der Waals surface area contributed by atoms with Gasteiger partial charge >= 0.3 is 12.0 Å². The summed E-state index contributed by atoms with van der Waals surface area (Å²) in [6, 6.07) is 2.40. The number of rotatable bonds is 4. The molecular weight excluding hydrogens is 344 g/mol. The molecule has 21 heavy (non-hydrogen) atoms. The van der Waals surface area contributed by atoms with Gasteiger partial charge in [0, 0.05) is 6.54 Å². The number of phenolic OH excluding ortho intramolecular Hbond substituents is 1. The second kappa shape index (κ2) is 7.63. The summed E-state index contributed by atoms with van der Waals surface area (Å²) < 4.78 is 5.10. The van der Waals surface area contributed by atoms with E-state index in [2.05, 4.69) is 21.2 Å². The van der Waals surface area contributed by atoms with Crippen molar-refractivity contribution >= 4 is 33.8 Å². The number of hydrogen-bond acceptors (Lipinski definition) is 5. The van der Waals surface area contributed by atoms with E-state index in [1.165, 1.54) is 6.07 Å². The van der Waals surface area contributed by atoms with Crippen molar-refractivity contribution < 1.29 is 24.2 Å². The van der Waals surface area contributed by atoms with Gasteiger partial charge in [-0.1, -0.05) is 0 Å². The van der Waals surface area contributed by atoms with Crippen LogP contribution >= 0.6 is 15.9 Å². The zero-order valence-electron chi connectivity index (χ0n) is 11.5. The van der Waals surface area contributed by atoms with E-state index in [0.29, 0.717) is 11.0 Å². The Morgan fingerprint density at radius 2 is 2.00 bits per heavy atom. The van der Waals surface area contributed by atoms with E-state index < -0.39 is 24.5 Å². The van der Waals surface area contributed by atoms with Crippen LogP contribution in [0.25, 0.3) is 0 Å². The smallest absolute Gasteiger partial charge is 0.342 e. The van der Waals surface area contributed by atoms with Crippen LogP contribution in [0.5, 0.6) is 5.75 Å². The average molecular weight is 359 g/mol. The van der Waals surface area contributed by atoms with E-state index in [1.807, 2.05) is 5.32 Å². The lowest BCUT2D eigenvalue weighted by Gasteiger charge is -2.09. The third kappa shape index (κ3) is 5.07. The van der Waals surface area contributed by atoms with E-state index in [1.54, 1.807) is 19.9 Å². The van der Waals surface area contributed by atoms with Crippen LogP contribution in [0.1, 0.15) is 22.8 Å². The van der Waals surface area contributed by atoms with E-state index in [0.717, 1.165) is 5.56 Å². The fraction of sp³-hybridized carbons (Fsp3) is 0.308. The molecule has 0 saturated carbocycles. The van der Waals surface area contributed by atoms with Gasteiger partial charge in [0.1, 0.15) is 11.3 Å². The molecule has 3 N–H and O–H groups in total. The number of ether oxygens (including phenoxy) is 1. The largest absolute Gasteiger partial charge is 0.506 e. The molecule has 3 amide bonds. The quantitative estimate of drug-likeness (QED) is 0.706. The van der Waals surface area contributed by atoms with Gasteiger partial charge < -0.3 is 15.2 Å². The molecule has 0 aliphatic heterocycles. The minimum atomic E-state index is -0.858. The van der Waals surface area contributed by atoms with E-state index in [4.69, 9.17) is 4.74 Å². The van der Waals surface area contributed by atoms with Crippen molar-refractivity contribution in [3.63, 3.8) is 0 Å². The van der Waals surface area contributed by atoms with Gasteiger partial charge in [-0.2, -0.15) is 0 Å². The number of benzene rings is 1. The number of nitrogens with one attached hydrogen (secondary N) is 2. The van der Waals surface area contributed by atoms with Crippen LogP contribution in [0.2, 0.25) is 0 Å². The molecule has 114 valence electrons. The second-order valence-corrected chi connectivity index (χ2v) is 4.98. The van der Waals surface area contributed by atoms with Crippen LogP contribution in [-0.2, 0) is 9.53 Å². The molecule has 0 aliphatic rings. The number of hydrogen-bond donors (Lipinski definition) is 3. The Kier molecular flexibility index (Phi) is 6.16. The Hall–Kier alpha value is -2.09. The molecule has 0 atom stereocenters. The highest BCUT2D eigenvalue weighted by Crippen LogP contribution is 2.29. The second-order valence-electron chi connectivity index (χ2n) is 4.13. The Morgan fingerprint density at radius 3 is 2.62 bits per heavy atom. The van der Waals surface area contributed by atoms with Crippen molar-refractivity contribution in [3.05, 3.63) is 27.7 Å². The summed E-state index contributed by atoms with van der Waals surface area (Å²) >= 11 is 3.11. The predicted octanol–water partition coefficient (Wildman–Crippen LogP) is 1.47. The highest BCUT2D eigenvalue weighted by atomic mass is 79.9. The molecule has 0 bridgehead atoms. The number of urea groups is 1. The van der Waals surface area contributed by atoms with Gasteiger partial charge in [0.05, 0.1) is 4.47 Å². The van der Waals surface area contributed by atoms with Crippen molar-refractivity contribution in [3.8, 4) is 5.75 Å².